The van der Waals surface area contributed by atoms with Crippen LogP contribution >= 0.6 is 9.03 Å². The van der Waals surface area contributed by atoms with Gasteiger partial charge in [-0.15, -0.1) is 0 Å². The molecule has 0 aromatic rings. The Morgan fingerprint density at radius 3 is 3.00 bits per heavy atom. The van der Waals surface area contributed by atoms with Crippen LogP contribution in [-0.2, 0) is 9.53 Å². The predicted octanol–water partition coefficient (Wildman–Crippen LogP) is 1.43. The number of ether oxygens (including phenoxy) is 1. The lowest BCUT2D eigenvalue weighted by atomic mass is 10.5. The van der Waals surface area contributed by atoms with Crippen molar-refractivity contribution in [3.63, 3.8) is 0 Å². The van der Waals surface area contributed by atoms with Crippen molar-refractivity contribution < 1.29 is 9.53 Å². The van der Waals surface area contributed by atoms with Gasteiger partial charge in [0.25, 0.3) is 0 Å². The lowest BCUT2D eigenvalue weighted by Crippen LogP contribution is -1.98. The molecule has 0 fully saturated rings. The van der Waals surface area contributed by atoms with Gasteiger partial charge in [0.15, 0.2) is 0 Å². The van der Waals surface area contributed by atoms with Gasteiger partial charge in [-0.05, 0) is 16.0 Å². The van der Waals surface area contributed by atoms with E-state index in [1.165, 1.54) is 6.08 Å². The van der Waals surface area contributed by atoms with E-state index in [4.69, 9.17) is 0 Å². The van der Waals surface area contributed by atoms with Gasteiger partial charge in [-0.25, -0.2) is 4.79 Å². The maximum atomic E-state index is 10.6. The van der Waals surface area contributed by atoms with E-state index in [-0.39, 0.29) is 5.97 Å². The molecule has 0 rings (SSSR count). The largest absolute Gasteiger partial charge is 0.463 e. The molecule has 56 valence electrons. The number of rotatable bonds is 4. The molecule has 10 heavy (non-hydrogen) atoms. The van der Waals surface area contributed by atoms with Crippen LogP contribution in [0.15, 0.2) is 16.9 Å². The fraction of sp³-hybridized carbons (Fsp3) is 0.500. The summed E-state index contributed by atoms with van der Waals surface area (Å²) in [6, 6.07) is 0. The molecule has 4 heteroatoms. The Balaban J connectivity index is 3.45. The van der Waals surface area contributed by atoms with Crippen LogP contribution in [-0.4, -0.2) is 19.1 Å². The van der Waals surface area contributed by atoms with Crippen LogP contribution in [0.1, 0.15) is 6.92 Å². The third-order valence-electron chi connectivity index (χ3n) is 0.737. The summed E-state index contributed by atoms with van der Waals surface area (Å²) in [5.74, 6) is -0.321. The molecular weight excluding hydrogens is 149 g/mol. The van der Waals surface area contributed by atoms with Crippen molar-refractivity contribution in [2.75, 3.05) is 13.2 Å². The first-order valence-electron chi connectivity index (χ1n) is 2.97. The fourth-order valence-electron chi connectivity index (χ4n) is 0.392. The highest BCUT2D eigenvalue weighted by molar-refractivity contribution is 7.03. The third-order valence-corrected chi connectivity index (χ3v) is 0.920. The van der Waals surface area contributed by atoms with Crippen LogP contribution in [0.3, 0.4) is 0 Å². The van der Waals surface area contributed by atoms with E-state index in [1.807, 2.05) is 0 Å². The zero-order valence-electron chi connectivity index (χ0n) is 5.83. The van der Waals surface area contributed by atoms with Crippen LogP contribution in [0.5, 0.6) is 0 Å². The average Bonchev–Trinajstić information content (AvgIpc) is 1.89. The molecule has 0 heterocycles. The van der Waals surface area contributed by atoms with Gasteiger partial charge in [0.1, 0.15) is 0 Å². The van der Waals surface area contributed by atoms with Crippen molar-refractivity contribution in [1.82, 2.24) is 0 Å². The first-order chi connectivity index (χ1) is 4.81. The van der Waals surface area contributed by atoms with Gasteiger partial charge in [0, 0.05) is 6.08 Å². The minimum absolute atomic E-state index is 0.321. The summed E-state index contributed by atoms with van der Waals surface area (Å²) >= 11 is 0. The van der Waals surface area contributed by atoms with Crippen LogP contribution in [0, 0.1) is 0 Å². The molecule has 0 aromatic heterocycles. The highest BCUT2D eigenvalue weighted by Crippen LogP contribution is 1.82. The van der Waals surface area contributed by atoms with E-state index in [0.29, 0.717) is 13.2 Å². The second kappa shape index (κ2) is 6.43. The molecule has 0 aliphatic rings. The van der Waals surface area contributed by atoms with Crippen molar-refractivity contribution in [2.45, 2.75) is 6.92 Å². The molecule has 0 atom stereocenters. The van der Waals surface area contributed by atoms with Crippen molar-refractivity contribution in [1.29, 1.82) is 0 Å². The first-order valence-corrected chi connectivity index (χ1v) is 3.42. The molecule has 0 aliphatic carbocycles. The highest BCUT2D eigenvalue weighted by Gasteiger charge is 1.90. The molecule has 0 saturated carbocycles. The SMILES string of the molecule is CCOC(=O)/C=C/CN=P. The number of esters is 1. The Morgan fingerprint density at radius 2 is 2.50 bits per heavy atom. The van der Waals surface area contributed by atoms with E-state index in [9.17, 15) is 4.79 Å². The molecule has 0 aromatic carbocycles. The average molecular weight is 159 g/mol. The normalized spacial score (nSPS) is 9.70. The van der Waals surface area contributed by atoms with Gasteiger partial charge in [0.05, 0.1) is 13.2 Å². The monoisotopic (exact) mass is 159 g/mol. The van der Waals surface area contributed by atoms with Crippen molar-refractivity contribution in [3.8, 4) is 0 Å². The van der Waals surface area contributed by atoms with Crippen LogP contribution in [0.25, 0.3) is 0 Å². The summed E-state index contributed by atoms with van der Waals surface area (Å²) < 4.78 is 8.18. The van der Waals surface area contributed by atoms with E-state index in [1.54, 1.807) is 13.0 Å². The summed E-state index contributed by atoms with van der Waals surface area (Å²) in [5, 5.41) is 0. The predicted molar refractivity (Wildman–Crippen MR) is 41.4 cm³/mol. The quantitative estimate of drug-likeness (QED) is 0.353. The molecule has 0 bridgehead atoms. The van der Waals surface area contributed by atoms with Gasteiger partial charge in [-0.3, -0.25) is 4.74 Å². The zero-order valence-corrected chi connectivity index (χ0v) is 6.83. The minimum atomic E-state index is -0.321. The van der Waals surface area contributed by atoms with Crippen LogP contribution < -0.4 is 0 Å². The Kier molecular flexibility index (Phi) is 5.99. The minimum Gasteiger partial charge on any atom is -0.463 e. The molecule has 0 spiro atoms. The fourth-order valence-corrected chi connectivity index (χ4v) is 0.497. The Hall–Kier alpha value is -0.690. The molecule has 0 radical (unpaired) electrons. The topological polar surface area (TPSA) is 38.7 Å². The Labute approximate surface area is 62.4 Å². The lowest BCUT2D eigenvalue weighted by Gasteiger charge is -1.92. The number of carbonyl (C=O) groups excluding carboxylic acids is 1. The molecule has 0 N–H and O–H groups in total. The number of hydrogen-bond acceptors (Lipinski definition) is 3. The van der Waals surface area contributed by atoms with Crippen molar-refractivity contribution in [3.05, 3.63) is 12.2 Å². The van der Waals surface area contributed by atoms with Gasteiger partial charge in [0.2, 0.25) is 0 Å². The molecule has 0 amide bonds. The smallest absolute Gasteiger partial charge is 0.330 e. The van der Waals surface area contributed by atoms with Gasteiger partial charge in [-0.1, -0.05) is 6.08 Å². The zero-order chi connectivity index (χ0) is 7.82. The van der Waals surface area contributed by atoms with Gasteiger partial charge < -0.3 is 4.74 Å². The van der Waals surface area contributed by atoms with E-state index in [2.05, 4.69) is 18.5 Å². The van der Waals surface area contributed by atoms with Crippen LogP contribution in [0.4, 0.5) is 0 Å². The first kappa shape index (κ1) is 9.31. The van der Waals surface area contributed by atoms with Crippen molar-refractivity contribution in [2.24, 2.45) is 4.74 Å². The summed E-state index contributed by atoms with van der Waals surface area (Å²) in [7, 11) is 2.90. The highest BCUT2D eigenvalue weighted by atomic mass is 31.0. The van der Waals surface area contributed by atoms with Gasteiger partial charge >= 0.3 is 5.97 Å². The standard InChI is InChI=1S/C6H10NO2P/c1-2-9-6(8)4-3-5-7-10/h3-4,10H,2,5H2,1H3/b4-3+. The summed E-state index contributed by atoms with van der Waals surface area (Å²) in [6.07, 6.45) is 2.97. The van der Waals surface area contributed by atoms with E-state index in [0.717, 1.165) is 0 Å². The molecular formula is C6H10NO2P. The summed E-state index contributed by atoms with van der Waals surface area (Å²) in [4.78, 5) is 10.6. The summed E-state index contributed by atoms with van der Waals surface area (Å²) in [5.41, 5.74) is 0. The molecule has 3 nitrogen and oxygen atoms in total. The second-order valence-electron chi connectivity index (χ2n) is 1.50. The number of hydrogen-bond donors (Lipinski definition) is 0. The third kappa shape index (κ3) is 5.45. The number of nitrogens with zero attached hydrogens (tertiary/aromatic N) is 1. The molecule has 0 unspecified atom stereocenters. The van der Waals surface area contributed by atoms with E-state index >= 15 is 0 Å². The Morgan fingerprint density at radius 1 is 1.80 bits per heavy atom. The van der Waals surface area contributed by atoms with Gasteiger partial charge in [-0.2, -0.15) is 0 Å². The van der Waals surface area contributed by atoms with Crippen LogP contribution in [0.2, 0.25) is 0 Å². The lowest BCUT2D eigenvalue weighted by molar-refractivity contribution is -0.137. The summed E-state index contributed by atoms with van der Waals surface area (Å²) in [6.45, 7) is 2.66. The maximum absolute atomic E-state index is 10.6. The van der Waals surface area contributed by atoms with E-state index < -0.39 is 0 Å². The molecule has 0 saturated heterocycles. The van der Waals surface area contributed by atoms with Crippen molar-refractivity contribution >= 4 is 15.0 Å². The maximum Gasteiger partial charge on any atom is 0.330 e. The molecule has 0 aliphatic heterocycles. The Bertz CT molecular complexity index is 145. The number of carbonyl (C=O) groups is 1. The second-order valence-corrected chi connectivity index (χ2v) is 1.81.